The molecule has 0 spiro atoms. The quantitative estimate of drug-likeness (QED) is 0.348. The van der Waals surface area contributed by atoms with Crippen LogP contribution < -0.4 is 9.44 Å². The van der Waals surface area contributed by atoms with Gasteiger partial charge in [0.05, 0.1) is 58.9 Å². The Kier molecular flexibility index (Phi) is 10.6. The van der Waals surface area contributed by atoms with Gasteiger partial charge in [-0.15, -0.1) is 0 Å². The average molecular weight is 683 g/mol. The maximum absolute atomic E-state index is 14.0. The minimum absolute atomic E-state index is 0.0341. The molecule has 0 aliphatic heterocycles. The van der Waals surface area contributed by atoms with Gasteiger partial charge < -0.3 is 5.73 Å². The highest BCUT2D eigenvalue weighted by molar-refractivity contribution is 9.11. The molecule has 0 unspecified atom stereocenters. The number of sulfonamides is 2. The van der Waals surface area contributed by atoms with Crippen LogP contribution in [-0.2, 0) is 32.9 Å². The Morgan fingerprint density at radius 2 is 1.29 bits per heavy atom. The van der Waals surface area contributed by atoms with Crippen molar-refractivity contribution in [2.75, 3.05) is 22.0 Å². The van der Waals surface area contributed by atoms with Crippen LogP contribution in [0.4, 0.5) is 20.2 Å². The van der Waals surface area contributed by atoms with Gasteiger partial charge in [0.15, 0.2) is 0 Å². The fraction of sp³-hybridized carbons (Fsp3) is 0.222. The van der Waals surface area contributed by atoms with Gasteiger partial charge >= 0.3 is 0 Å². The lowest BCUT2D eigenvalue weighted by Gasteiger charge is -2.22. The molecule has 2 aromatic carbocycles. The first kappa shape index (κ1) is 30.4. The van der Waals surface area contributed by atoms with Gasteiger partial charge in [0.2, 0.25) is 20.0 Å². The number of hydrogen-bond donors (Lipinski definition) is 1. The average Bonchev–Trinajstić information content (AvgIpc) is 2.69. The van der Waals surface area contributed by atoms with E-state index in [9.17, 15) is 25.6 Å². The van der Waals surface area contributed by atoms with Gasteiger partial charge in [-0.05, 0) is 37.9 Å². The first-order valence-electron chi connectivity index (χ1n) is 8.51. The molecule has 0 saturated carbocycles. The molecule has 0 aliphatic carbocycles. The van der Waals surface area contributed by atoms with Gasteiger partial charge in [0.25, 0.3) is 0 Å². The Morgan fingerprint density at radius 1 is 0.912 bits per heavy atom. The van der Waals surface area contributed by atoms with Crippen LogP contribution in [0.25, 0.3) is 0 Å². The summed E-state index contributed by atoms with van der Waals surface area (Å²) in [7, 11) is -8.50. The molecule has 0 fully saturated rings. The van der Waals surface area contributed by atoms with Crippen molar-refractivity contribution in [3.63, 3.8) is 0 Å². The summed E-state index contributed by atoms with van der Waals surface area (Å²) in [6.45, 7) is 0. The Hall–Kier alpha value is -1.68. The van der Waals surface area contributed by atoms with Crippen LogP contribution in [0.2, 0.25) is 10.0 Å². The van der Waals surface area contributed by atoms with Gasteiger partial charge in [-0.1, -0.05) is 23.2 Å². The minimum Gasteiger partial charge on any atom is -0.397 e. The first-order chi connectivity index (χ1) is 15.5. The molecule has 2 N–H and O–H groups in total. The van der Waals surface area contributed by atoms with E-state index in [4.69, 9.17) is 39.5 Å². The highest BCUT2D eigenvalue weighted by Gasteiger charge is 2.31. The van der Waals surface area contributed by atoms with Crippen molar-refractivity contribution >= 4 is 86.5 Å². The number of nitriles is 2. The Morgan fingerprint density at radius 3 is 1.68 bits per heavy atom. The molecule has 0 bridgehead atoms. The first-order valence-corrected chi connectivity index (χ1v) is 14.5. The zero-order valence-corrected chi connectivity index (χ0v) is 23.5. The summed E-state index contributed by atoms with van der Waals surface area (Å²) in [5.74, 6) is -1.46. The number of halogens is 6. The number of anilines is 2. The fourth-order valence-corrected chi connectivity index (χ4v) is 7.07. The van der Waals surface area contributed by atoms with Gasteiger partial charge in [0, 0.05) is 26.1 Å². The van der Waals surface area contributed by atoms with Crippen LogP contribution in [0.15, 0.2) is 21.1 Å². The summed E-state index contributed by atoms with van der Waals surface area (Å²) < 4.78 is 74.1. The molecule has 184 valence electrons. The lowest BCUT2D eigenvalue weighted by molar-refractivity contribution is 0.590. The van der Waals surface area contributed by atoms with Crippen molar-refractivity contribution in [3.05, 3.63) is 53.9 Å². The normalized spacial score (nSPS) is 11.1. The topological polar surface area (TPSA) is 145 Å². The smallest absolute Gasteiger partial charge is 0.245 e. The number of benzene rings is 2. The Labute approximate surface area is 222 Å². The molecule has 8 nitrogen and oxygen atoms in total. The lowest BCUT2D eigenvalue weighted by Crippen LogP contribution is -2.35. The molecule has 0 amide bonds. The van der Waals surface area contributed by atoms with Gasteiger partial charge in [-0.25, -0.2) is 25.6 Å². The lowest BCUT2D eigenvalue weighted by atomic mass is 10.1. The Balaban J connectivity index is 0.000000380. The van der Waals surface area contributed by atoms with Gasteiger partial charge in [-0.2, -0.15) is 14.2 Å². The largest absolute Gasteiger partial charge is 0.397 e. The molecule has 0 atom stereocenters. The van der Waals surface area contributed by atoms with Crippen LogP contribution >= 0.6 is 55.1 Å². The van der Waals surface area contributed by atoms with E-state index in [1.54, 1.807) is 6.07 Å². The summed E-state index contributed by atoms with van der Waals surface area (Å²) in [6.07, 6.45) is 0.954. The summed E-state index contributed by atoms with van der Waals surface area (Å²) >= 11 is 17.7. The SMILES string of the molecule is CS(=O)(=O)N(c1cc(F)c(CC#N)c(Br)c1Cl)S(C)(=O)=O.N#CCc1c(F)cc(N)c(Cl)c1Br. The molecule has 0 aromatic heterocycles. The minimum atomic E-state index is -4.25. The number of nitrogens with zero attached hydrogens (tertiary/aromatic N) is 3. The van der Waals surface area contributed by atoms with Crippen molar-refractivity contribution in [1.29, 1.82) is 10.5 Å². The second kappa shape index (κ2) is 11.8. The Bertz CT molecular complexity index is 1400. The second-order valence-electron chi connectivity index (χ2n) is 6.43. The number of nitrogen functional groups attached to an aromatic ring is 1. The summed E-state index contributed by atoms with van der Waals surface area (Å²) in [5, 5.41) is 17.0. The second-order valence-corrected chi connectivity index (χ2v) is 12.7. The van der Waals surface area contributed by atoms with Crippen molar-refractivity contribution < 1.29 is 25.6 Å². The predicted octanol–water partition coefficient (Wildman–Crippen LogP) is 4.92. The number of nitrogens with two attached hydrogens (primary N) is 1. The molecule has 0 aliphatic rings. The third-order valence-corrected chi connectivity index (χ3v) is 10.0. The van der Waals surface area contributed by atoms with Gasteiger partial charge in [-0.3, -0.25) is 0 Å². The summed E-state index contributed by atoms with van der Waals surface area (Å²) in [5.41, 5.74) is 5.16. The van der Waals surface area contributed by atoms with E-state index in [1.807, 2.05) is 6.07 Å². The summed E-state index contributed by atoms with van der Waals surface area (Å²) in [4.78, 5) is 0. The molecule has 0 saturated heterocycles. The monoisotopic (exact) mass is 680 g/mol. The molecule has 16 heteroatoms. The van der Waals surface area contributed by atoms with E-state index in [2.05, 4.69) is 31.9 Å². The van der Waals surface area contributed by atoms with E-state index < -0.39 is 37.4 Å². The molecular weight excluding hydrogens is 669 g/mol. The number of hydrogen-bond acceptors (Lipinski definition) is 7. The predicted molar refractivity (Wildman–Crippen MR) is 133 cm³/mol. The van der Waals surface area contributed by atoms with Crippen LogP contribution in [0.1, 0.15) is 11.1 Å². The third kappa shape index (κ3) is 7.16. The molecule has 0 radical (unpaired) electrons. The van der Waals surface area contributed by atoms with Gasteiger partial charge in [0.1, 0.15) is 11.6 Å². The van der Waals surface area contributed by atoms with E-state index in [0.717, 1.165) is 6.07 Å². The summed E-state index contributed by atoms with van der Waals surface area (Å²) in [6, 6.07) is 5.35. The van der Waals surface area contributed by atoms with E-state index in [0.29, 0.717) is 23.1 Å². The molecule has 2 aromatic rings. The highest BCUT2D eigenvalue weighted by Crippen LogP contribution is 2.39. The van der Waals surface area contributed by atoms with Crippen LogP contribution in [-0.4, -0.2) is 29.3 Å². The highest BCUT2D eigenvalue weighted by atomic mass is 79.9. The fourth-order valence-electron chi connectivity index (χ4n) is 2.49. The van der Waals surface area contributed by atoms with Crippen LogP contribution in [0.3, 0.4) is 0 Å². The zero-order chi connectivity index (χ0) is 26.6. The standard InChI is InChI=1S/C10H9BrClFN2O4S2.C8H5BrClFN2/c1-20(16,17)15(21(2,18)19)8-5-7(13)6(3-4-14)9(11)10(8)12;9-7-4(1-2-12)5(11)3-6(13)8(7)10/h5H,3H2,1-2H3;3H,1,13H2. The van der Waals surface area contributed by atoms with Crippen molar-refractivity contribution in [3.8, 4) is 12.1 Å². The maximum atomic E-state index is 14.0. The maximum Gasteiger partial charge on any atom is 0.245 e. The van der Waals surface area contributed by atoms with E-state index in [-0.39, 0.29) is 47.9 Å². The van der Waals surface area contributed by atoms with Crippen LogP contribution in [0, 0.1) is 34.3 Å². The molecule has 0 heterocycles. The van der Waals surface area contributed by atoms with Crippen LogP contribution in [0.5, 0.6) is 0 Å². The van der Waals surface area contributed by atoms with E-state index in [1.165, 1.54) is 0 Å². The van der Waals surface area contributed by atoms with E-state index >= 15 is 0 Å². The molecular formula is C18H14Br2Cl2F2N4O4S2. The zero-order valence-electron chi connectivity index (χ0n) is 17.2. The third-order valence-electron chi connectivity index (χ3n) is 3.83. The van der Waals surface area contributed by atoms with Crippen molar-refractivity contribution in [2.45, 2.75) is 12.8 Å². The van der Waals surface area contributed by atoms with Crippen molar-refractivity contribution in [2.24, 2.45) is 0 Å². The number of rotatable bonds is 5. The molecule has 2 rings (SSSR count). The van der Waals surface area contributed by atoms with Crippen molar-refractivity contribution in [1.82, 2.24) is 0 Å². The molecule has 34 heavy (non-hydrogen) atoms.